The van der Waals surface area contributed by atoms with Gasteiger partial charge in [-0.1, -0.05) is 46.8 Å². The van der Waals surface area contributed by atoms with Gasteiger partial charge in [0.25, 0.3) is 0 Å². The minimum atomic E-state index is -0.0116. The topological polar surface area (TPSA) is 44.8 Å². The Morgan fingerprint density at radius 2 is 2.04 bits per heavy atom. The minimum Gasteiger partial charge on any atom is -0.361 e. The number of aromatic amines is 1. The van der Waals surface area contributed by atoms with E-state index in [1.165, 1.54) is 33.3 Å². The number of fused-ring (bicyclic) bond motifs is 2. The lowest BCUT2D eigenvalue weighted by atomic mass is 9.95. The molecule has 4 nitrogen and oxygen atoms in total. The van der Waals surface area contributed by atoms with Crippen LogP contribution in [0.4, 0.5) is 0 Å². The molecule has 2 aromatic heterocycles. The molecule has 0 spiro atoms. The van der Waals surface area contributed by atoms with Crippen molar-refractivity contribution in [3.05, 3.63) is 58.8 Å². The second kappa shape index (κ2) is 6.75. The Balaban J connectivity index is 1.56. The number of benzene rings is 1. The van der Waals surface area contributed by atoms with Gasteiger partial charge in [0.15, 0.2) is 0 Å². The van der Waals surface area contributed by atoms with Crippen LogP contribution in [0.3, 0.4) is 0 Å². The molecular formula is C23H30N4. The molecule has 142 valence electrons. The van der Waals surface area contributed by atoms with E-state index in [1.54, 1.807) is 0 Å². The monoisotopic (exact) mass is 362 g/mol. The van der Waals surface area contributed by atoms with Crippen molar-refractivity contribution in [2.45, 2.75) is 65.5 Å². The van der Waals surface area contributed by atoms with Gasteiger partial charge >= 0.3 is 0 Å². The fraction of sp³-hybridized carbons (Fsp3) is 0.478. The molecule has 1 aliphatic rings. The van der Waals surface area contributed by atoms with Gasteiger partial charge in [-0.25, -0.2) is 9.97 Å². The third-order valence-electron chi connectivity index (χ3n) is 5.55. The van der Waals surface area contributed by atoms with Crippen LogP contribution in [0.1, 0.15) is 68.7 Å². The molecule has 0 unspecified atom stereocenters. The smallest absolute Gasteiger partial charge is 0.133 e. The Kier molecular flexibility index (Phi) is 4.55. The lowest BCUT2D eigenvalue weighted by Crippen LogP contribution is -2.32. The average Bonchev–Trinajstić information content (AvgIpc) is 3.02. The summed E-state index contributed by atoms with van der Waals surface area (Å²) in [5.41, 5.74) is 6.49. The van der Waals surface area contributed by atoms with Crippen LogP contribution in [-0.2, 0) is 24.9 Å². The highest BCUT2D eigenvalue weighted by Gasteiger charge is 2.23. The van der Waals surface area contributed by atoms with Crippen molar-refractivity contribution in [1.29, 1.82) is 0 Å². The number of nitrogens with zero attached hydrogens (tertiary/aromatic N) is 3. The van der Waals surface area contributed by atoms with Crippen LogP contribution >= 0.6 is 0 Å². The van der Waals surface area contributed by atoms with Crippen LogP contribution in [0.5, 0.6) is 0 Å². The van der Waals surface area contributed by atoms with Crippen LogP contribution in [0.15, 0.2) is 30.6 Å². The van der Waals surface area contributed by atoms with Crippen LogP contribution < -0.4 is 0 Å². The maximum absolute atomic E-state index is 4.90. The highest BCUT2D eigenvalue weighted by Crippen LogP contribution is 2.27. The second-order valence-corrected chi connectivity index (χ2v) is 9.15. The van der Waals surface area contributed by atoms with E-state index >= 15 is 0 Å². The van der Waals surface area contributed by atoms with Gasteiger partial charge in [0.1, 0.15) is 5.82 Å². The molecule has 0 atom stereocenters. The lowest BCUT2D eigenvalue weighted by molar-refractivity contribution is 0.241. The molecule has 0 saturated carbocycles. The molecule has 0 fully saturated rings. The maximum atomic E-state index is 4.90. The van der Waals surface area contributed by atoms with E-state index in [9.17, 15) is 0 Å². The van der Waals surface area contributed by atoms with E-state index in [1.807, 2.05) is 6.20 Å². The first kappa shape index (κ1) is 18.2. The summed E-state index contributed by atoms with van der Waals surface area (Å²) in [6.07, 6.45) is 5.24. The molecule has 0 radical (unpaired) electrons. The minimum absolute atomic E-state index is 0.0116. The molecular weight excluding hydrogens is 332 g/mol. The summed E-state index contributed by atoms with van der Waals surface area (Å²) >= 11 is 0. The fourth-order valence-corrected chi connectivity index (χ4v) is 3.79. The zero-order chi connectivity index (χ0) is 19.2. The molecule has 0 bridgehead atoms. The van der Waals surface area contributed by atoms with Gasteiger partial charge in [-0.2, -0.15) is 0 Å². The third kappa shape index (κ3) is 3.63. The molecule has 1 N–H and O–H groups in total. The van der Waals surface area contributed by atoms with Gasteiger partial charge < -0.3 is 4.98 Å². The fourth-order valence-electron chi connectivity index (χ4n) is 3.79. The van der Waals surface area contributed by atoms with Crippen molar-refractivity contribution < 1.29 is 0 Å². The molecule has 27 heavy (non-hydrogen) atoms. The van der Waals surface area contributed by atoms with Crippen molar-refractivity contribution in [2.24, 2.45) is 0 Å². The SMILES string of the molecule is CC(C)c1ccc2c(CN3CCc4cnc(C(C)(C)C)nc4C3)c[nH]c2c1. The Bertz CT molecular complexity index is 962. The molecule has 3 aromatic rings. The van der Waals surface area contributed by atoms with Crippen molar-refractivity contribution in [2.75, 3.05) is 6.54 Å². The number of nitrogens with one attached hydrogen (secondary N) is 1. The van der Waals surface area contributed by atoms with Gasteiger partial charge in [-0.3, -0.25) is 4.90 Å². The molecule has 0 aliphatic carbocycles. The van der Waals surface area contributed by atoms with Gasteiger partial charge in [-0.05, 0) is 35.1 Å². The van der Waals surface area contributed by atoms with Gasteiger partial charge in [-0.15, -0.1) is 0 Å². The van der Waals surface area contributed by atoms with Crippen LogP contribution in [0, 0.1) is 0 Å². The summed E-state index contributed by atoms with van der Waals surface area (Å²) in [7, 11) is 0. The van der Waals surface area contributed by atoms with Crippen LogP contribution in [0.2, 0.25) is 0 Å². The molecule has 0 amide bonds. The summed E-state index contributed by atoms with van der Waals surface area (Å²) in [5, 5.41) is 1.34. The highest BCUT2D eigenvalue weighted by atomic mass is 15.1. The standard InChI is InChI=1S/C23H30N4/c1-15(2)16-6-7-19-18(12-24-20(19)10-16)13-27-9-8-17-11-25-22(23(3,4)5)26-21(17)14-27/h6-7,10-12,15,24H,8-9,13-14H2,1-5H3. The summed E-state index contributed by atoms with van der Waals surface area (Å²) in [6, 6.07) is 6.82. The number of hydrogen-bond acceptors (Lipinski definition) is 3. The van der Waals surface area contributed by atoms with Crippen molar-refractivity contribution in [3.8, 4) is 0 Å². The predicted molar refractivity (Wildman–Crippen MR) is 111 cm³/mol. The predicted octanol–water partition coefficient (Wildman–Crippen LogP) is 4.94. The number of hydrogen-bond donors (Lipinski definition) is 1. The Morgan fingerprint density at radius 1 is 1.22 bits per heavy atom. The summed E-state index contributed by atoms with van der Waals surface area (Å²) in [5.74, 6) is 1.49. The molecule has 4 heteroatoms. The molecule has 3 heterocycles. The zero-order valence-electron chi connectivity index (χ0n) is 17.1. The van der Waals surface area contributed by atoms with Crippen LogP contribution in [-0.4, -0.2) is 26.4 Å². The van der Waals surface area contributed by atoms with Crippen molar-refractivity contribution >= 4 is 10.9 Å². The first-order chi connectivity index (χ1) is 12.8. The van der Waals surface area contributed by atoms with Crippen molar-refractivity contribution in [3.63, 3.8) is 0 Å². The van der Waals surface area contributed by atoms with E-state index in [0.717, 1.165) is 31.9 Å². The Labute approximate surface area is 162 Å². The largest absolute Gasteiger partial charge is 0.361 e. The zero-order valence-corrected chi connectivity index (χ0v) is 17.1. The van der Waals surface area contributed by atoms with Crippen molar-refractivity contribution in [1.82, 2.24) is 19.9 Å². The van der Waals surface area contributed by atoms with E-state index in [2.05, 4.69) is 73.9 Å². The first-order valence-corrected chi connectivity index (χ1v) is 9.99. The summed E-state index contributed by atoms with van der Waals surface area (Å²) in [6.45, 7) is 13.9. The van der Waals surface area contributed by atoms with Gasteiger partial charge in [0.05, 0.1) is 5.69 Å². The van der Waals surface area contributed by atoms with Gasteiger partial charge in [0, 0.05) is 48.3 Å². The third-order valence-corrected chi connectivity index (χ3v) is 5.55. The molecule has 4 rings (SSSR count). The van der Waals surface area contributed by atoms with Gasteiger partial charge in [0.2, 0.25) is 0 Å². The van der Waals surface area contributed by atoms with E-state index < -0.39 is 0 Å². The summed E-state index contributed by atoms with van der Waals surface area (Å²) < 4.78 is 0. The quantitative estimate of drug-likeness (QED) is 0.718. The molecule has 1 aliphatic heterocycles. The maximum Gasteiger partial charge on any atom is 0.133 e. The van der Waals surface area contributed by atoms with E-state index in [0.29, 0.717) is 5.92 Å². The number of rotatable bonds is 3. The highest BCUT2D eigenvalue weighted by molar-refractivity contribution is 5.83. The number of H-pyrrole nitrogens is 1. The average molecular weight is 363 g/mol. The van der Waals surface area contributed by atoms with Crippen LogP contribution in [0.25, 0.3) is 10.9 Å². The van der Waals surface area contributed by atoms with E-state index in [4.69, 9.17) is 4.98 Å². The second-order valence-electron chi connectivity index (χ2n) is 9.15. The normalized spacial score (nSPS) is 15.5. The summed E-state index contributed by atoms with van der Waals surface area (Å²) in [4.78, 5) is 15.5. The number of aromatic nitrogens is 3. The first-order valence-electron chi connectivity index (χ1n) is 9.99. The Hall–Kier alpha value is -2.20. The molecule has 1 aromatic carbocycles. The van der Waals surface area contributed by atoms with E-state index in [-0.39, 0.29) is 5.41 Å². The Morgan fingerprint density at radius 3 is 2.78 bits per heavy atom. The lowest BCUT2D eigenvalue weighted by Gasteiger charge is -2.29. The molecule has 0 saturated heterocycles.